The monoisotopic (exact) mass is 223 g/mol. The molecule has 15 heavy (non-hydrogen) atoms. The molecule has 1 atom stereocenters. The van der Waals surface area contributed by atoms with Gasteiger partial charge in [-0.15, -0.1) is 0 Å². The number of hydrogen-bond donors (Lipinski definition) is 4. The van der Waals surface area contributed by atoms with Crippen LogP contribution in [0.25, 0.3) is 0 Å². The molecule has 0 aliphatic heterocycles. The van der Waals surface area contributed by atoms with Crippen molar-refractivity contribution >= 4 is 11.8 Å². The number of nitrogens with two attached hydrogens (primary N) is 1. The lowest BCUT2D eigenvalue weighted by Gasteiger charge is -2.18. The first-order valence-electron chi connectivity index (χ1n) is 4.40. The van der Waals surface area contributed by atoms with Crippen LogP contribution in [0, 0.1) is 5.41 Å². The standard InChI is InChI=1S/C8H15F2N3O2/c1-5(11)13-3-2-8(9,10)4-6(12)7(14)15/h6H,2-4,12H2,1H3,(H2,11,13)(H,14,15). The van der Waals surface area contributed by atoms with Crippen molar-refractivity contribution in [2.45, 2.75) is 31.7 Å². The van der Waals surface area contributed by atoms with E-state index in [4.69, 9.17) is 16.2 Å². The second-order valence-electron chi connectivity index (χ2n) is 3.31. The van der Waals surface area contributed by atoms with Crippen LogP contribution in [-0.2, 0) is 4.79 Å². The van der Waals surface area contributed by atoms with Crippen LogP contribution in [0.1, 0.15) is 19.8 Å². The van der Waals surface area contributed by atoms with Gasteiger partial charge in [-0.2, -0.15) is 0 Å². The molecule has 0 amide bonds. The van der Waals surface area contributed by atoms with Gasteiger partial charge in [0.2, 0.25) is 0 Å². The highest BCUT2D eigenvalue weighted by atomic mass is 19.3. The predicted molar refractivity (Wildman–Crippen MR) is 51.2 cm³/mol. The number of carboxylic acid groups (broad SMARTS) is 1. The SMILES string of the molecule is CC(=N)NCCC(F)(F)CC(N)C(=O)O. The zero-order valence-corrected chi connectivity index (χ0v) is 8.39. The fraction of sp³-hybridized carbons (Fsp3) is 0.750. The molecule has 88 valence electrons. The molecule has 0 aromatic carbocycles. The Hall–Kier alpha value is -1.24. The van der Waals surface area contributed by atoms with E-state index in [1.54, 1.807) is 0 Å². The molecule has 0 aliphatic carbocycles. The van der Waals surface area contributed by atoms with E-state index in [0.717, 1.165) is 0 Å². The number of hydrogen-bond acceptors (Lipinski definition) is 3. The number of alkyl halides is 2. The summed E-state index contributed by atoms with van der Waals surface area (Å²) in [4.78, 5) is 10.3. The third-order valence-electron chi connectivity index (χ3n) is 1.72. The van der Waals surface area contributed by atoms with Gasteiger partial charge in [-0.25, -0.2) is 8.78 Å². The summed E-state index contributed by atoms with van der Waals surface area (Å²) in [5.74, 6) is -4.47. The van der Waals surface area contributed by atoms with Gasteiger partial charge in [0.1, 0.15) is 6.04 Å². The average Bonchev–Trinajstić information content (AvgIpc) is 2.01. The average molecular weight is 223 g/mol. The lowest BCUT2D eigenvalue weighted by molar-refractivity contribution is -0.141. The topological polar surface area (TPSA) is 99.2 Å². The first-order chi connectivity index (χ1) is 6.74. The van der Waals surface area contributed by atoms with Crippen LogP contribution in [0.5, 0.6) is 0 Å². The van der Waals surface area contributed by atoms with Crippen LogP contribution in [0.3, 0.4) is 0 Å². The minimum absolute atomic E-state index is 0.0747. The van der Waals surface area contributed by atoms with Gasteiger partial charge in [-0.05, 0) is 6.92 Å². The molecule has 5 N–H and O–H groups in total. The smallest absolute Gasteiger partial charge is 0.320 e. The summed E-state index contributed by atoms with van der Waals surface area (Å²) in [6.45, 7) is 1.36. The fourth-order valence-electron chi connectivity index (χ4n) is 0.944. The van der Waals surface area contributed by atoms with Gasteiger partial charge in [-0.3, -0.25) is 10.2 Å². The Kier molecular flexibility index (Phi) is 5.13. The number of rotatable bonds is 6. The van der Waals surface area contributed by atoms with Crippen molar-refractivity contribution in [3.63, 3.8) is 0 Å². The highest BCUT2D eigenvalue weighted by molar-refractivity contribution is 5.75. The zero-order chi connectivity index (χ0) is 12.1. The van der Waals surface area contributed by atoms with E-state index < -0.39 is 30.8 Å². The summed E-state index contributed by atoms with van der Waals surface area (Å²) in [5.41, 5.74) is 4.99. The van der Waals surface area contributed by atoms with Crippen molar-refractivity contribution < 1.29 is 18.7 Å². The molecule has 0 fully saturated rings. The Labute approximate surface area is 86.2 Å². The van der Waals surface area contributed by atoms with Crippen molar-refractivity contribution in [1.82, 2.24) is 5.32 Å². The van der Waals surface area contributed by atoms with E-state index in [0.29, 0.717) is 0 Å². The molecule has 7 heteroatoms. The molecule has 5 nitrogen and oxygen atoms in total. The highest BCUT2D eigenvalue weighted by Crippen LogP contribution is 2.23. The van der Waals surface area contributed by atoms with Gasteiger partial charge in [0.25, 0.3) is 5.92 Å². The van der Waals surface area contributed by atoms with E-state index in [9.17, 15) is 13.6 Å². The number of amidine groups is 1. The molecule has 0 saturated heterocycles. The van der Waals surface area contributed by atoms with E-state index in [1.807, 2.05) is 0 Å². The second-order valence-corrected chi connectivity index (χ2v) is 3.31. The Balaban J connectivity index is 3.95. The van der Waals surface area contributed by atoms with Crippen LogP contribution in [-0.4, -0.2) is 35.4 Å². The van der Waals surface area contributed by atoms with Crippen molar-refractivity contribution in [2.75, 3.05) is 6.54 Å². The first-order valence-corrected chi connectivity index (χ1v) is 4.40. The largest absolute Gasteiger partial charge is 0.480 e. The van der Waals surface area contributed by atoms with Crippen LogP contribution in [0.4, 0.5) is 8.78 Å². The number of carbonyl (C=O) groups is 1. The maximum absolute atomic E-state index is 13.0. The van der Waals surface area contributed by atoms with Crippen LogP contribution >= 0.6 is 0 Å². The quantitative estimate of drug-likeness (QED) is 0.387. The Morgan fingerprint density at radius 1 is 1.67 bits per heavy atom. The van der Waals surface area contributed by atoms with Gasteiger partial charge >= 0.3 is 5.97 Å². The molecule has 0 bridgehead atoms. The maximum Gasteiger partial charge on any atom is 0.320 e. The lowest BCUT2D eigenvalue weighted by atomic mass is 10.1. The number of halogens is 2. The van der Waals surface area contributed by atoms with E-state index in [2.05, 4.69) is 5.32 Å². The minimum atomic E-state index is -3.12. The Morgan fingerprint density at radius 3 is 2.60 bits per heavy atom. The summed E-state index contributed by atoms with van der Waals surface area (Å²) in [5, 5.41) is 17.7. The molecule has 0 saturated carbocycles. The molecule has 0 aromatic heterocycles. The molecule has 0 rings (SSSR count). The van der Waals surface area contributed by atoms with Crippen molar-refractivity contribution in [3.05, 3.63) is 0 Å². The van der Waals surface area contributed by atoms with Crippen LogP contribution in [0.15, 0.2) is 0 Å². The number of nitrogens with one attached hydrogen (secondary N) is 2. The minimum Gasteiger partial charge on any atom is -0.480 e. The van der Waals surface area contributed by atoms with Crippen molar-refractivity contribution in [3.8, 4) is 0 Å². The molecule has 0 aromatic rings. The van der Waals surface area contributed by atoms with E-state index >= 15 is 0 Å². The summed E-state index contributed by atoms with van der Waals surface area (Å²) < 4.78 is 26.1. The van der Waals surface area contributed by atoms with Crippen LogP contribution < -0.4 is 11.1 Å². The van der Waals surface area contributed by atoms with Crippen molar-refractivity contribution in [2.24, 2.45) is 5.73 Å². The third kappa shape index (κ3) is 6.78. The van der Waals surface area contributed by atoms with Gasteiger partial charge in [0, 0.05) is 19.4 Å². The van der Waals surface area contributed by atoms with Gasteiger partial charge in [-0.1, -0.05) is 0 Å². The second kappa shape index (κ2) is 5.59. The molecule has 0 heterocycles. The normalized spacial score (nSPS) is 13.3. The Morgan fingerprint density at radius 2 is 2.20 bits per heavy atom. The first kappa shape index (κ1) is 13.8. The van der Waals surface area contributed by atoms with E-state index in [1.165, 1.54) is 6.92 Å². The summed E-state index contributed by atoms with van der Waals surface area (Å²) >= 11 is 0. The summed E-state index contributed by atoms with van der Waals surface area (Å²) in [6.07, 6.45) is -1.43. The van der Waals surface area contributed by atoms with Crippen molar-refractivity contribution in [1.29, 1.82) is 5.41 Å². The molecule has 0 spiro atoms. The molecular weight excluding hydrogens is 208 g/mol. The maximum atomic E-state index is 13.0. The van der Waals surface area contributed by atoms with Crippen LogP contribution in [0.2, 0.25) is 0 Å². The summed E-state index contributed by atoms with van der Waals surface area (Å²) in [6, 6.07) is -1.55. The Bertz CT molecular complexity index is 246. The van der Waals surface area contributed by atoms with Gasteiger partial charge in [0.15, 0.2) is 0 Å². The fourth-order valence-corrected chi connectivity index (χ4v) is 0.944. The number of aliphatic carboxylic acids is 1. The predicted octanol–water partition coefficient (Wildman–Crippen LogP) is 0.401. The zero-order valence-electron chi connectivity index (χ0n) is 8.39. The van der Waals surface area contributed by atoms with Gasteiger partial charge in [0.05, 0.1) is 5.84 Å². The molecule has 0 radical (unpaired) electrons. The third-order valence-corrected chi connectivity index (χ3v) is 1.72. The highest BCUT2D eigenvalue weighted by Gasteiger charge is 2.33. The lowest BCUT2D eigenvalue weighted by Crippen LogP contribution is -2.38. The molecular formula is C8H15F2N3O2. The molecule has 0 aliphatic rings. The molecule has 1 unspecified atom stereocenters. The summed E-state index contributed by atoms with van der Waals surface area (Å²) in [7, 11) is 0. The van der Waals surface area contributed by atoms with Gasteiger partial charge < -0.3 is 16.2 Å². The van der Waals surface area contributed by atoms with E-state index in [-0.39, 0.29) is 12.4 Å². The number of carboxylic acids is 1.